The van der Waals surface area contributed by atoms with Crippen LogP contribution < -0.4 is 14.8 Å². The molecule has 1 N–H and O–H groups in total. The van der Waals surface area contributed by atoms with Crippen LogP contribution in [0.5, 0.6) is 11.5 Å². The van der Waals surface area contributed by atoms with E-state index in [1.165, 1.54) is 17.5 Å². The summed E-state index contributed by atoms with van der Waals surface area (Å²) in [7, 11) is 3.19. The Labute approximate surface area is 149 Å². The highest BCUT2D eigenvalue weighted by Crippen LogP contribution is 2.37. The lowest BCUT2D eigenvalue weighted by Crippen LogP contribution is -2.09. The van der Waals surface area contributed by atoms with Crippen molar-refractivity contribution in [1.29, 1.82) is 0 Å². The average molecular weight is 358 g/mol. The van der Waals surface area contributed by atoms with Gasteiger partial charge in [-0.25, -0.2) is 4.79 Å². The third kappa shape index (κ3) is 3.23. The van der Waals surface area contributed by atoms with Crippen LogP contribution in [0.15, 0.2) is 35.2 Å². The molecule has 130 valence electrons. The molecule has 2 heterocycles. The van der Waals surface area contributed by atoms with Crippen LogP contribution in [0.25, 0.3) is 10.9 Å². The van der Waals surface area contributed by atoms with Gasteiger partial charge in [-0.3, -0.25) is 4.98 Å². The number of esters is 1. The minimum absolute atomic E-state index is 0.288. The van der Waals surface area contributed by atoms with Crippen molar-refractivity contribution in [3.63, 3.8) is 0 Å². The number of carbonyl (C=O) groups is 1. The summed E-state index contributed by atoms with van der Waals surface area (Å²) in [6.45, 7) is 2.06. The average Bonchev–Trinajstić information content (AvgIpc) is 3.08. The second kappa shape index (κ2) is 7.40. The zero-order chi connectivity index (χ0) is 17.8. The zero-order valence-electron chi connectivity index (χ0n) is 14.2. The molecule has 3 aromatic rings. The first-order chi connectivity index (χ1) is 12.2. The number of nitrogens with one attached hydrogen (secondary N) is 1. The molecule has 3 rings (SSSR count). The summed E-state index contributed by atoms with van der Waals surface area (Å²) in [6.07, 6.45) is 1.50. The monoisotopic (exact) mass is 358 g/mol. The van der Waals surface area contributed by atoms with Crippen LogP contribution in [0, 0.1) is 0 Å². The van der Waals surface area contributed by atoms with Gasteiger partial charge in [0.15, 0.2) is 5.75 Å². The smallest absolute Gasteiger partial charge is 0.341 e. The highest BCUT2D eigenvalue weighted by atomic mass is 32.1. The number of methoxy groups -OCH3 is 2. The minimum Gasteiger partial charge on any atom is -0.494 e. The molecule has 7 heteroatoms. The van der Waals surface area contributed by atoms with Gasteiger partial charge in [-0.2, -0.15) is 0 Å². The Balaban J connectivity index is 2.20. The summed E-state index contributed by atoms with van der Waals surface area (Å²) >= 11 is 1.50. The van der Waals surface area contributed by atoms with Crippen LogP contribution in [0.1, 0.15) is 17.3 Å². The van der Waals surface area contributed by atoms with Gasteiger partial charge >= 0.3 is 5.97 Å². The molecule has 0 aliphatic rings. The van der Waals surface area contributed by atoms with Crippen LogP contribution in [-0.2, 0) is 4.74 Å². The number of hydrogen-bond acceptors (Lipinski definition) is 7. The lowest BCUT2D eigenvalue weighted by Gasteiger charge is -2.15. The maximum Gasteiger partial charge on any atom is 0.341 e. The van der Waals surface area contributed by atoms with E-state index in [1.807, 2.05) is 29.0 Å². The summed E-state index contributed by atoms with van der Waals surface area (Å²) < 4.78 is 15.9. The van der Waals surface area contributed by atoms with Gasteiger partial charge in [0.25, 0.3) is 0 Å². The Bertz CT molecular complexity index is 907. The highest BCUT2D eigenvalue weighted by Gasteiger charge is 2.19. The third-order valence-electron chi connectivity index (χ3n) is 3.68. The molecule has 25 heavy (non-hydrogen) atoms. The molecular weight excluding hydrogens is 340 g/mol. The topological polar surface area (TPSA) is 69.7 Å². The number of anilines is 2. The quantitative estimate of drug-likeness (QED) is 0.665. The van der Waals surface area contributed by atoms with Gasteiger partial charge in [-0.1, -0.05) is 12.1 Å². The van der Waals surface area contributed by atoms with Gasteiger partial charge in [0, 0.05) is 22.3 Å². The van der Waals surface area contributed by atoms with Gasteiger partial charge < -0.3 is 19.5 Å². The SMILES string of the molecule is CCOC(=O)c1cnc2c(OC)cccc2c1Nc1cscc1OC. The lowest BCUT2D eigenvalue weighted by atomic mass is 10.1. The van der Waals surface area contributed by atoms with Crippen molar-refractivity contribution in [2.45, 2.75) is 6.92 Å². The van der Waals surface area contributed by atoms with Gasteiger partial charge in [-0.15, -0.1) is 11.3 Å². The second-order valence-electron chi connectivity index (χ2n) is 5.10. The van der Waals surface area contributed by atoms with E-state index in [1.54, 1.807) is 21.1 Å². The van der Waals surface area contributed by atoms with Crippen LogP contribution in [-0.4, -0.2) is 31.8 Å². The standard InChI is InChI=1S/C18H18N2O4S/c1-4-24-18(21)12-8-19-17-11(6-5-7-14(17)22-2)16(12)20-13-9-25-10-15(13)23-3/h5-10H,4H2,1-3H3,(H,19,20). The van der Waals surface area contributed by atoms with Crippen LogP contribution >= 0.6 is 11.3 Å². The Kier molecular flexibility index (Phi) is 5.04. The molecule has 2 aromatic heterocycles. The number of rotatable bonds is 6. The van der Waals surface area contributed by atoms with Crippen LogP contribution in [0.2, 0.25) is 0 Å². The van der Waals surface area contributed by atoms with E-state index in [2.05, 4.69) is 10.3 Å². The molecule has 6 nitrogen and oxygen atoms in total. The Morgan fingerprint density at radius 3 is 2.72 bits per heavy atom. The first kappa shape index (κ1) is 17.0. The van der Waals surface area contributed by atoms with Crippen molar-refractivity contribution in [3.05, 3.63) is 40.7 Å². The summed E-state index contributed by atoms with van der Waals surface area (Å²) in [5.41, 5.74) is 2.40. The number of hydrogen-bond donors (Lipinski definition) is 1. The largest absolute Gasteiger partial charge is 0.494 e. The number of aromatic nitrogens is 1. The van der Waals surface area contributed by atoms with E-state index in [9.17, 15) is 4.79 Å². The number of para-hydroxylation sites is 1. The molecule has 0 aliphatic heterocycles. The molecule has 0 bridgehead atoms. The maximum absolute atomic E-state index is 12.4. The van der Waals surface area contributed by atoms with Crippen molar-refractivity contribution in [2.75, 3.05) is 26.1 Å². The molecule has 0 saturated heterocycles. The van der Waals surface area contributed by atoms with E-state index < -0.39 is 5.97 Å². The molecule has 0 saturated carbocycles. The number of pyridine rings is 1. The van der Waals surface area contributed by atoms with Gasteiger partial charge in [-0.05, 0) is 13.0 Å². The molecular formula is C18H18N2O4S. The fourth-order valence-electron chi connectivity index (χ4n) is 2.53. The van der Waals surface area contributed by atoms with Crippen molar-refractivity contribution in [2.24, 2.45) is 0 Å². The number of carbonyl (C=O) groups excluding carboxylic acids is 1. The molecule has 0 spiro atoms. The summed E-state index contributed by atoms with van der Waals surface area (Å²) in [6, 6.07) is 5.57. The highest BCUT2D eigenvalue weighted by molar-refractivity contribution is 7.08. The van der Waals surface area contributed by atoms with Crippen molar-refractivity contribution in [1.82, 2.24) is 4.98 Å². The summed E-state index contributed by atoms with van der Waals surface area (Å²) in [5.74, 6) is 0.900. The summed E-state index contributed by atoms with van der Waals surface area (Å²) in [4.78, 5) is 16.8. The molecule has 0 amide bonds. The van der Waals surface area contributed by atoms with E-state index in [-0.39, 0.29) is 6.61 Å². The fraction of sp³-hybridized carbons (Fsp3) is 0.222. The van der Waals surface area contributed by atoms with Crippen molar-refractivity contribution in [3.8, 4) is 11.5 Å². The number of benzene rings is 1. The van der Waals surface area contributed by atoms with E-state index in [4.69, 9.17) is 14.2 Å². The molecule has 0 fully saturated rings. The van der Waals surface area contributed by atoms with Gasteiger partial charge in [0.1, 0.15) is 16.8 Å². The second-order valence-corrected chi connectivity index (χ2v) is 5.85. The first-order valence-electron chi connectivity index (χ1n) is 7.69. The lowest BCUT2D eigenvalue weighted by molar-refractivity contribution is 0.0527. The fourth-order valence-corrected chi connectivity index (χ4v) is 3.25. The Hall–Kier alpha value is -2.80. The molecule has 0 unspecified atom stereocenters. The third-order valence-corrected chi connectivity index (χ3v) is 4.40. The summed E-state index contributed by atoms with van der Waals surface area (Å²) in [5, 5.41) is 7.86. The normalized spacial score (nSPS) is 10.5. The minimum atomic E-state index is -0.434. The van der Waals surface area contributed by atoms with Crippen molar-refractivity contribution < 1.29 is 19.0 Å². The van der Waals surface area contributed by atoms with Gasteiger partial charge in [0.2, 0.25) is 0 Å². The molecule has 0 aliphatic carbocycles. The van der Waals surface area contributed by atoms with E-state index >= 15 is 0 Å². The van der Waals surface area contributed by atoms with E-state index in [0.29, 0.717) is 28.3 Å². The number of ether oxygens (including phenoxy) is 3. The van der Waals surface area contributed by atoms with E-state index in [0.717, 1.165) is 11.1 Å². The number of fused-ring (bicyclic) bond motifs is 1. The molecule has 1 aromatic carbocycles. The Morgan fingerprint density at radius 1 is 1.20 bits per heavy atom. The van der Waals surface area contributed by atoms with Crippen molar-refractivity contribution >= 4 is 39.6 Å². The predicted octanol–water partition coefficient (Wildman–Crippen LogP) is 4.23. The maximum atomic E-state index is 12.4. The van der Waals surface area contributed by atoms with Crippen LogP contribution in [0.4, 0.5) is 11.4 Å². The Morgan fingerprint density at radius 2 is 2.00 bits per heavy atom. The van der Waals surface area contributed by atoms with Crippen LogP contribution in [0.3, 0.4) is 0 Å². The van der Waals surface area contributed by atoms with Gasteiger partial charge in [0.05, 0.1) is 32.2 Å². The predicted molar refractivity (Wildman–Crippen MR) is 98.4 cm³/mol. The molecule has 0 radical (unpaired) electrons. The molecule has 0 atom stereocenters. The zero-order valence-corrected chi connectivity index (χ0v) is 15.0. The number of thiophene rings is 1. The number of nitrogens with zero attached hydrogens (tertiary/aromatic N) is 1. The first-order valence-corrected chi connectivity index (χ1v) is 8.63.